The summed E-state index contributed by atoms with van der Waals surface area (Å²) in [6.07, 6.45) is 2.83. The van der Waals surface area contributed by atoms with Gasteiger partial charge in [0.05, 0.1) is 30.7 Å². The Morgan fingerprint density at radius 3 is 2.96 bits per heavy atom. The molecule has 1 aromatic carbocycles. The van der Waals surface area contributed by atoms with Crippen molar-refractivity contribution >= 4 is 22.7 Å². The summed E-state index contributed by atoms with van der Waals surface area (Å²) in [4.78, 5) is 33.0. The molecule has 136 valence electrons. The number of carbonyl (C=O) groups excluding carboxylic acids is 2. The second kappa shape index (κ2) is 5.33. The zero-order valence-electron chi connectivity index (χ0n) is 15.1. The molecule has 0 saturated carbocycles. The standard InChI is InChI=1S/C20H23N3O3/c1-12(2)16-11-26-20-7-8-22(17(20)9-18(24)23(16)20)19(25)14-10-21-15-6-4-3-5-13(14)15/h3-6,10,12,16-17,21H,7-9,11H2,1-2H3/t16-,17+,20-/m0/s1. The van der Waals surface area contributed by atoms with Crippen LogP contribution < -0.4 is 0 Å². The van der Waals surface area contributed by atoms with Crippen LogP contribution in [0, 0.1) is 5.92 Å². The summed E-state index contributed by atoms with van der Waals surface area (Å²) in [7, 11) is 0. The van der Waals surface area contributed by atoms with Crippen molar-refractivity contribution in [1.29, 1.82) is 0 Å². The molecular formula is C20H23N3O3. The van der Waals surface area contributed by atoms with Gasteiger partial charge in [0.25, 0.3) is 5.91 Å². The molecule has 1 aromatic heterocycles. The zero-order valence-corrected chi connectivity index (χ0v) is 15.1. The van der Waals surface area contributed by atoms with E-state index in [1.165, 1.54) is 0 Å². The number of benzene rings is 1. The Balaban J connectivity index is 1.50. The van der Waals surface area contributed by atoms with Crippen LogP contribution in [0.3, 0.4) is 0 Å². The van der Waals surface area contributed by atoms with Gasteiger partial charge in [0.1, 0.15) is 0 Å². The topological polar surface area (TPSA) is 65.6 Å². The Morgan fingerprint density at radius 1 is 1.35 bits per heavy atom. The molecule has 0 unspecified atom stereocenters. The van der Waals surface area contributed by atoms with Crippen LogP contribution in [-0.4, -0.2) is 57.6 Å². The van der Waals surface area contributed by atoms with E-state index in [0.717, 1.165) is 10.9 Å². The summed E-state index contributed by atoms with van der Waals surface area (Å²) in [6.45, 7) is 5.43. The number of hydrogen-bond acceptors (Lipinski definition) is 3. The first-order chi connectivity index (χ1) is 12.5. The number of nitrogens with one attached hydrogen (secondary N) is 1. The molecule has 3 saturated heterocycles. The summed E-state index contributed by atoms with van der Waals surface area (Å²) in [5.41, 5.74) is 1.00. The molecule has 2 aromatic rings. The molecule has 6 heteroatoms. The van der Waals surface area contributed by atoms with Crippen molar-refractivity contribution in [3.8, 4) is 0 Å². The van der Waals surface area contributed by atoms with Crippen molar-refractivity contribution in [2.24, 2.45) is 5.92 Å². The number of hydrogen-bond donors (Lipinski definition) is 1. The number of fused-ring (bicyclic) bond motifs is 1. The third-order valence-electron chi connectivity index (χ3n) is 6.34. The number of para-hydroxylation sites is 1. The highest BCUT2D eigenvalue weighted by Gasteiger charge is 2.65. The minimum absolute atomic E-state index is 0.0180. The molecular weight excluding hydrogens is 330 g/mol. The first-order valence-electron chi connectivity index (χ1n) is 9.36. The Bertz CT molecular complexity index is 905. The average molecular weight is 353 g/mol. The van der Waals surface area contributed by atoms with Gasteiger partial charge in [0.15, 0.2) is 5.72 Å². The lowest BCUT2D eigenvalue weighted by atomic mass is 10.0. The SMILES string of the molecule is CC(C)[C@@H]1CO[C@@]23CCN(C(=O)c4c[nH]c5ccccc45)[C@@H]2CC(=O)N13. The highest BCUT2D eigenvalue weighted by Crippen LogP contribution is 2.49. The number of likely N-dealkylation sites (tertiary alicyclic amines) is 1. The van der Waals surface area contributed by atoms with E-state index in [1.807, 2.05) is 34.1 Å². The lowest BCUT2D eigenvalue weighted by molar-refractivity contribution is -0.139. The van der Waals surface area contributed by atoms with Crippen LogP contribution in [0.1, 0.15) is 37.0 Å². The number of rotatable bonds is 2. The summed E-state index contributed by atoms with van der Waals surface area (Å²) < 4.78 is 6.22. The molecule has 0 radical (unpaired) electrons. The summed E-state index contributed by atoms with van der Waals surface area (Å²) in [6, 6.07) is 7.72. The Labute approximate surface area is 152 Å². The van der Waals surface area contributed by atoms with Crippen LogP contribution in [-0.2, 0) is 9.53 Å². The summed E-state index contributed by atoms with van der Waals surface area (Å²) in [5, 5.41) is 0.923. The van der Waals surface area contributed by atoms with Crippen molar-refractivity contribution in [1.82, 2.24) is 14.8 Å². The molecule has 3 atom stereocenters. The second-order valence-electron chi connectivity index (χ2n) is 7.95. The van der Waals surface area contributed by atoms with Crippen molar-refractivity contribution in [3.63, 3.8) is 0 Å². The molecule has 26 heavy (non-hydrogen) atoms. The Morgan fingerprint density at radius 2 is 2.15 bits per heavy atom. The lowest BCUT2D eigenvalue weighted by Crippen LogP contribution is -2.51. The van der Waals surface area contributed by atoms with Crippen molar-refractivity contribution in [2.75, 3.05) is 13.2 Å². The van der Waals surface area contributed by atoms with Crippen LogP contribution in [0.2, 0.25) is 0 Å². The van der Waals surface area contributed by atoms with Gasteiger partial charge in [-0.05, 0) is 12.0 Å². The number of nitrogens with zero attached hydrogens (tertiary/aromatic N) is 2. The fourth-order valence-corrected chi connectivity index (χ4v) is 5.02. The molecule has 3 fully saturated rings. The minimum Gasteiger partial charge on any atom is -0.360 e. The van der Waals surface area contributed by atoms with Gasteiger partial charge in [-0.3, -0.25) is 9.59 Å². The maximum atomic E-state index is 13.3. The first-order valence-corrected chi connectivity index (χ1v) is 9.36. The molecule has 3 aliphatic heterocycles. The van der Waals surface area contributed by atoms with Crippen LogP contribution in [0.4, 0.5) is 0 Å². The molecule has 1 N–H and O–H groups in total. The van der Waals surface area contributed by atoms with E-state index in [1.54, 1.807) is 6.20 Å². The molecule has 6 nitrogen and oxygen atoms in total. The quantitative estimate of drug-likeness (QED) is 0.901. The lowest BCUT2D eigenvalue weighted by Gasteiger charge is -2.34. The second-order valence-corrected chi connectivity index (χ2v) is 7.95. The predicted molar refractivity (Wildman–Crippen MR) is 96.5 cm³/mol. The van der Waals surface area contributed by atoms with Crippen molar-refractivity contribution in [3.05, 3.63) is 36.0 Å². The molecule has 1 spiro atoms. The maximum absolute atomic E-state index is 13.3. The molecule has 4 heterocycles. The van der Waals surface area contributed by atoms with Gasteiger partial charge >= 0.3 is 0 Å². The van der Waals surface area contributed by atoms with Gasteiger partial charge in [-0.1, -0.05) is 32.0 Å². The monoisotopic (exact) mass is 353 g/mol. The highest BCUT2D eigenvalue weighted by atomic mass is 16.5. The number of aromatic nitrogens is 1. The molecule has 0 bridgehead atoms. The highest BCUT2D eigenvalue weighted by molar-refractivity contribution is 6.07. The third-order valence-corrected chi connectivity index (χ3v) is 6.34. The number of carbonyl (C=O) groups is 2. The van der Waals surface area contributed by atoms with Crippen LogP contribution in [0.5, 0.6) is 0 Å². The number of aromatic amines is 1. The van der Waals surface area contributed by atoms with Crippen LogP contribution >= 0.6 is 0 Å². The van der Waals surface area contributed by atoms with Crippen LogP contribution in [0.25, 0.3) is 10.9 Å². The van der Waals surface area contributed by atoms with Gasteiger partial charge in [-0.15, -0.1) is 0 Å². The first kappa shape index (κ1) is 15.9. The Kier molecular flexibility index (Phi) is 3.26. The number of H-pyrrole nitrogens is 1. The summed E-state index contributed by atoms with van der Waals surface area (Å²) >= 11 is 0. The number of ether oxygens (including phenoxy) is 1. The van der Waals surface area contributed by atoms with E-state index in [9.17, 15) is 9.59 Å². The fourth-order valence-electron chi connectivity index (χ4n) is 5.02. The third kappa shape index (κ3) is 1.91. The fraction of sp³-hybridized carbons (Fsp3) is 0.500. The van der Waals surface area contributed by atoms with E-state index in [2.05, 4.69) is 18.8 Å². The van der Waals surface area contributed by atoms with Gasteiger partial charge in [0, 0.05) is 30.1 Å². The van der Waals surface area contributed by atoms with Gasteiger partial charge in [-0.2, -0.15) is 0 Å². The predicted octanol–water partition coefficient (Wildman–Crippen LogP) is 2.37. The van der Waals surface area contributed by atoms with Gasteiger partial charge < -0.3 is 19.5 Å². The number of amides is 2. The molecule has 2 amide bonds. The minimum atomic E-state index is -0.617. The smallest absolute Gasteiger partial charge is 0.256 e. The molecule has 3 aliphatic rings. The van der Waals surface area contributed by atoms with E-state index in [0.29, 0.717) is 37.5 Å². The summed E-state index contributed by atoms with van der Waals surface area (Å²) in [5.74, 6) is 0.439. The normalized spacial score (nSPS) is 30.5. The van der Waals surface area contributed by atoms with E-state index in [4.69, 9.17) is 4.74 Å². The average Bonchev–Trinajstić information content (AvgIpc) is 3.34. The van der Waals surface area contributed by atoms with E-state index in [-0.39, 0.29) is 23.9 Å². The Hall–Kier alpha value is -2.34. The maximum Gasteiger partial charge on any atom is 0.256 e. The van der Waals surface area contributed by atoms with Gasteiger partial charge in [-0.25, -0.2) is 0 Å². The van der Waals surface area contributed by atoms with E-state index < -0.39 is 5.72 Å². The largest absolute Gasteiger partial charge is 0.360 e. The zero-order chi connectivity index (χ0) is 18.1. The van der Waals surface area contributed by atoms with Crippen LogP contribution in [0.15, 0.2) is 30.5 Å². The van der Waals surface area contributed by atoms with E-state index >= 15 is 0 Å². The molecule has 0 aliphatic carbocycles. The molecule has 5 rings (SSSR count). The van der Waals surface area contributed by atoms with Crippen molar-refractivity contribution < 1.29 is 14.3 Å². The van der Waals surface area contributed by atoms with Crippen molar-refractivity contribution in [2.45, 2.75) is 44.5 Å². The van der Waals surface area contributed by atoms with Gasteiger partial charge in [0.2, 0.25) is 5.91 Å².